The summed E-state index contributed by atoms with van der Waals surface area (Å²) in [5.74, 6) is 0.578. The molecular formula is C19H24F2N6. The molecule has 0 bridgehead atoms. The van der Waals surface area contributed by atoms with Crippen LogP contribution in [-0.2, 0) is 6.54 Å². The molecule has 0 atom stereocenters. The molecule has 2 aromatic rings. The highest BCUT2D eigenvalue weighted by Gasteiger charge is 2.23. The predicted octanol–water partition coefficient (Wildman–Crippen LogP) is 2.38. The Morgan fingerprint density at radius 1 is 0.889 bits per heavy atom. The first-order valence-corrected chi connectivity index (χ1v) is 9.46. The van der Waals surface area contributed by atoms with Crippen molar-refractivity contribution in [1.82, 2.24) is 19.9 Å². The minimum Gasteiger partial charge on any atom is -0.354 e. The molecule has 2 fully saturated rings. The molecule has 4 heterocycles. The number of nitrogens with zero attached hydrogens (tertiary/aromatic N) is 6. The number of pyridine rings is 1. The first kappa shape index (κ1) is 18.0. The number of aryl methyl sites for hydroxylation is 1. The van der Waals surface area contributed by atoms with E-state index in [4.69, 9.17) is 4.98 Å². The quantitative estimate of drug-likeness (QED) is 0.819. The lowest BCUT2D eigenvalue weighted by atomic mass is 10.2. The summed E-state index contributed by atoms with van der Waals surface area (Å²) in [5, 5.41) is 0. The van der Waals surface area contributed by atoms with E-state index in [2.05, 4.69) is 24.7 Å². The third kappa shape index (κ3) is 4.00. The maximum absolute atomic E-state index is 13.8. The van der Waals surface area contributed by atoms with Crippen LogP contribution in [0.3, 0.4) is 0 Å². The number of anilines is 2. The summed E-state index contributed by atoms with van der Waals surface area (Å²) in [6, 6.07) is 2.01. The van der Waals surface area contributed by atoms with Crippen LogP contribution in [-0.4, -0.2) is 59.1 Å². The lowest BCUT2D eigenvalue weighted by Gasteiger charge is -2.35. The van der Waals surface area contributed by atoms with Crippen molar-refractivity contribution in [3.63, 3.8) is 0 Å². The largest absolute Gasteiger partial charge is 0.354 e. The summed E-state index contributed by atoms with van der Waals surface area (Å²) in [4.78, 5) is 19.4. The van der Waals surface area contributed by atoms with Crippen LogP contribution in [0.25, 0.3) is 0 Å². The second-order valence-corrected chi connectivity index (χ2v) is 7.21. The molecule has 0 N–H and O–H groups in total. The number of piperazine rings is 1. The van der Waals surface area contributed by atoms with Crippen molar-refractivity contribution < 1.29 is 8.78 Å². The SMILES string of the molecule is Cc1cc(N2CCN(Cc3c(F)cncc3F)CC2)nc(N2CCCC2)n1. The van der Waals surface area contributed by atoms with Gasteiger partial charge in [0, 0.05) is 63.1 Å². The molecule has 2 aromatic heterocycles. The van der Waals surface area contributed by atoms with Gasteiger partial charge in [-0.2, -0.15) is 4.98 Å². The number of rotatable bonds is 4. The van der Waals surface area contributed by atoms with E-state index in [1.807, 2.05) is 13.0 Å². The molecule has 0 radical (unpaired) electrons. The molecule has 0 aliphatic carbocycles. The maximum atomic E-state index is 13.8. The fraction of sp³-hybridized carbons (Fsp3) is 0.526. The average molecular weight is 374 g/mol. The normalized spacial score (nSPS) is 18.3. The zero-order valence-electron chi connectivity index (χ0n) is 15.5. The predicted molar refractivity (Wildman–Crippen MR) is 99.9 cm³/mol. The Hall–Kier alpha value is -2.35. The van der Waals surface area contributed by atoms with E-state index >= 15 is 0 Å². The third-order valence-electron chi connectivity index (χ3n) is 5.25. The van der Waals surface area contributed by atoms with Crippen LogP contribution in [0.2, 0.25) is 0 Å². The van der Waals surface area contributed by atoms with Crippen LogP contribution < -0.4 is 9.80 Å². The van der Waals surface area contributed by atoms with Gasteiger partial charge in [-0.1, -0.05) is 0 Å². The van der Waals surface area contributed by atoms with E-state index in [-0.39, 0.29) is 12.1 Å². The van der Waals surface area contributed by atoms with E-state index in [1.54, 1.807) is 0 Å². The van der Waals surface area contributed by atoms with Gasteiger partial charge in [-0.05, 0) is 19.8 Å². The van der Waals surface area contributed by atoms with Gasteiger partial charge in [-0.15, -0.1) is 0 Å². The molecule has 0 amide bonds. The highest BCUT2D eigenvalue weighted by atomic mass is 19.1. The van der Waals surface area contributed by atoms with Gasteiger partial charge < -0.3 is 9.80 Å². The summed E-state index contributed by atoms with van der Waals surface area (Å²) >= 11 is 0. The van der Waals surface area contributed by atoms with Gasteiger partial charge in [0.1, 0.15) is 17.5 Å². The fourth-order valence-electron chi connectivity index (χ4n) is 3.70. The molecule has 144 valence electrons. The second kappa shape index (κ2) is 7.72. The third-order valence-corrected chi connectivity index (χ3v) is 5.25. The lowest BCUT2D eigenvalue weighted by Crippen LogP contribution is -2.46. The van der Waals surface area contributed by atoms with E-state index in [0.29, 0.717) is 0 Å². The Bertz CT molecular complexity index is 781. The van der Waals surface area contributed by atoms with Crippen LogP contribution in [0.15, 0.2) is 18.5 Å². The highest BCUT2D eigenvalue weighted by molar-refractivity contribution is 5.46. The summed E-state index contributed by atoms with van der Waals surface area (Å²) < 4.78 is 27.6. The minimum absolute atomic E-state index is 0.0904. The van der Waals surface area contributed by atoms with Crippen LogP contribution in [0.5, 0.6) is 0 Å². The Morgan fingerprint density at radius 3 is 2.22 bits per heavy atom. The molecule has 4 rings (SSSR count). The number of hydrogen-bond donors (Lipinski definition) is 0. The van der Waals surface area contributed by atoms with Gasteiger partial charge in [-0.25, -0.2) is 13.8 Å². The monoisotopic (exact) mass is 374 g/mol. The van der Waals surface area contributed by atoms with E-state index in [0.717, 1.165) is 69.1 Å². The van der Waals surface area contributed by atoms with Crippen molar-refractivity contribution in [3.05, 3.63) is 41.4 Å². The molecular weight excluding hydrogens is 350 g/mol. The molecule has 6 nitrogen and oxygen atoms in total. The van der Waals surface area contributed by atoms with Crippen molar-refractivity contribution >= 4 is 11.8 Å². The summed E-state index contributed by atoms with van der Waals surface area (Å²) in [7, 11) is 0. The zero-order chi connectivity index (χ0) is 18.8. The lowest BCUT2D eigenvalue weighted by molar-refractivity contribution is 0.242. The molecule has 0 spiro atoms. The van der Waals surface area contributed by atoms with Crippen molar-refractivity contribution in [3.8, 4) is 0 Å². The molecule has 0 aromatic carbocycles. The average Bonchev–Trinajstić information content (AvgIpc) is 3.20. The van der Waals surface area contributed by atoms with E-state index in [1.165, 1.54) is 12.8 Å². The van der Waals surface area contributed by atoms with Crippen molar-refractivity contribution in [2.75, 3.05) is 49.1 Å². The Balaban J connectivity index is 1.42. The topological polar surface area (TPSA) is 48.4 Å². The number of aromatic nitrogens is 3. The minimum atomic E-state index is -0.584. The summed E-state index contributed by atoms with van der Waals surface area (Å²) in [6.07, 6.45) is 4.51. The standard InChI is InChI=1S/C19H24F2N6/c1-14-10-18(24-19(23-14)27-4-2-3-5-27)26-8-6-25(7-9-26)13-15-16(20)11-22-12-17(15)21/h10-12H,2-9,13H2,1H3. The Morgan fingerprint density at radius 2 is 1.56 bits per heavy atom. The van der Waals surface area contributed by atoms with Crippen LogP contribution in [0.4, 0.5) is 20.5 Å². The van der Waals surface area contributed by atoms with Crippen LogP contribution >= 0.6 is 0 Å². The molecule has 2 aliphatic heterocycles. The van der Waals surface area contributed by atoms with Crippen LogP contribution in [0.1, 0.15) is 24.1 Å². The van der Waals surface area contributed by atoms with Crippen molar-refractivity contribution in [2.24, 2.45) is 0 Å². The second-order valence-electron chi connectivity index (χ2n) is 7.21. The van der Waals surface area contributed by atoms with Crippen LogP contribution in [0, 0.1) is 18.6 Å². The summed E-state index contributed by atoms with van der Waals surface area (Å²) in [6.45, 7) is 7.27. The molecule has 0 unspecified atom stereocenters. The van der Waals surface area contributed by atoms with Gasteiger partial charge >= 0.3 is 0 Å². The zero-order valence-corrected chi connectivity index (χ0v) is 15.5. The maximum Gasteiger partial charge on any atom is 0.227 e. The fourth-order valence-corrected chi connectivity index (χ4v) is 3.70. The smallest absolute Gasteiger partial charge is 0.227 e. The molecule has 27 heavy (non-hydrogen) atoms. The molecule has 8 heteroatoms. The summed E-state index contributed by atoms with van der Waals surface area (Å²) in [5.41, 5.74) is 1.05. The van der Waals surface area contributed by atoms with Crippen molar-refractivity contribution in [2.45, 2.75) is 26.3 Å². The Labute approximate surface area is 157 Å². The van der Waals surface area contributed by atoms with Crippen molar-refractivity contribution in [1.29, 1.82) is 0 Å². The highest BCUT2D eigenvalue weighted by Crippen LogP contribution is 2.22. The van der Waals surface area contributed by atoms with Gasteiger partial charge in [-0.3, -0.25) is 9.88 Å². The molecule has 0 saturated carbocycles. The number of hydrogen-bond acceptors (Lipinski definition) is 6. The van der Waals surface area contributed by atoms with Gasteiger partial charge in [0.15, 0.2) is 0 Å². The Kier molecular flexibility index (Phi) is 5.15. The van der Waals surface area contributed by atoms with Gasteiger partial charge in [0.2, 0.25) is 5.95 Å². The van der Waals surface area contributed by atoms with Gasteiger partial charge in [0.05, 0.1) is 12.4 Å². The molecule has 2 saturated heterocycles. The first-order chi connectivity index (χ1) is 13.1. The first-order valence-electron chi connectivity index (χ1n) is 9.46. The van der Waals surface area contributed by atoms with E-state index in [9.17, 15) is 8.78 Å². The van der Waals surface area contributed by atoms with Gasteiger partial charge in [0.25, 0.3) is 0 Å². The number of halogens is 2. The van der Waals surface area contributed by atoms with E-state index < -0.39 is 11.6 Å². The molecule has 2 aliphatic rings.